The van der Waals surface area contributed by atoms with Crippen LogP contribution in [0.2, 0.25) is 0 Å². The molecule has 7 heteroatoms. The highest BCUT2D eigenvalue weighted by Crippen LogP contribution is 2.06. The van der Waals surface area contributed by atoms with Crippen molar-refractivity contribution in [3.05, 3.63) is 0 Å². The van der Waals surface area contributed by atoms with Gasteiger partial charge in [-0.15, -0.1) is 0 Å². The summed E-state index contributed by atoms with van der Waals surface area (Å²) < 4.78 is 5.26. The monoisotopic (exact) mass is 244 g/mol. The average Bonchev–Trinajstić information content (AvgIpc) is 2.65. The molecule has 0 aromatic carbocycles. The van der Waals surface area contributed by atoms with Crippen molar-refractivity contribution in [2.24, 2.45) is 0 Å². The molecule has 0 aliphatic carbocycles. The van der Waals surface area contributed by atoms with Gasteiger partial charge in [0.15, 0.2) is 0 Å². The summed E-state index contributed by atoms with van der Waals surface area (Å²) in [5.41, 5.74) is 0. The van der Waals surface area contributed by atoms with Crippen LogP contribution in [0, 0.1) is 0 Å². The van der Waals surface area contributed by atoms with E-state index in [1.807, 2.05) is 0 Å². The van der Waals surface area contributed by atoms with Crippen LogP contribution in [-0.4, -0.2) is 75.4 Å². The molecule has 2 atom stereocenters. The predicted molar refractivity (Wildman–Crippen MR) is 62.8 cm³/mol. The first-order chi connectivity index (χ1) is 7.91. The molecule has 1 rings (SSSR count). The SMILES string of the molecule is CN(C)C(=O)N[C@H]1COC[C@H]1NC(=O)N(C)C. The van der Waals surface area contributed by atoms with Gasteiger partial charge in [-0.2, -0.15) is 0 Å². The Labute approximate surface area is 101 Å². The highest BCUT2D eigenvalue weighted by atomic mass is 16.5. The van der Waals surface area contributed by atoms with Gasteiger partial charge in [0.1, 0.15) is 0 Å². The molecular formula is C10H20N4O3. The molecule has 1 fully saturated rings. The first kappa shape index (κ1) is 13.6. The first-order valence-electron chi connectivity index (χ1n) is 5.45. The summed E-state index contributed by atoms with van der Waals surface area (Å²) in [7, 11) is 6.66. The summed E-state index contributed by atoms with van der Waals surface area (Å²) in [5.74, 6) is 0. The molecule has 0 aromatic heterocycles. The van der Waals surface area contributed by atoms with Crippen LogP contribution in [0.15, 0.2) is 0 Å². The van der Waals surface area contributed by atoms with Crippen molar-refractivity contribution >= 4 is 12.1 Å². The maximum Gasteiger partial charge on any atom is 0.317 e. The van der Waals surface area contributed by atoms with Crippen LogP contribution >= 0.6 is 0 Å². The van der Waals surface area contributed by atoms with E-state index in [2.05, 4.69) is 10.6 Å². The van der Waals surface area contributed by atoms with Crippen molar-refractivity contribution in [1.82, 2.24) is 20.4 Å². The molecule has 0 bridgehead atoms. The third-order valence-corrected chi connectivity index (χ3v) is 2.51. The zero-order chi connectivity index (χ0) is 13.0. The molecular weight excluding hydrogens is 224 g/mol. The number of rotatable bonds is 2. The number of carbonyl (C=O) groups is 2. The van der Waals surface area contributed by atoms with E-state index in [-0.39, 0.29) is 24.1 Å². The van der Waals surface area contributed by atoms with E-state index in [9.17, 15) is 9.59 Å². The van der Waals surface area contributed by atoms with Crippen LogP contribution in [0.4, 0.5) is 9.59 Å². The number of hydrogen-bond donors (Lipinski definition) is 2. The van der Waals surface area contributed by atoms with Gasteiger partial charge in [0.25, 0.3) is 0 Å². The van der Waals surface area contributed by atoms with Crippen molar-refractivity contribution in [2.45, 2.75) is 12.1 Å². The van der Waals surface area contributed by atoms with Gasteiger partial charge >= 0.3 is 12.1 Å². The van der Waals surface area contributed by atoms with E-state index in [1.54, 1.807) is 28.2 Å². The fourth-order valence-electron chi connectivity index (χ4n) is 1.41. The topological polar surface area (TPSA) is 73.9 Å². The van der Waals surface area contributed by atoms with E-state index in [1.165, 1.54) is 9.80 Å². The lowest BCUT2D eigenvalue weighted by molar-refractivity contribution is 0.180. The number of hydrogen-bond acceptors (Lipinski definition) is 3. The fourth-order valence-corrected chi connectivity index (χ4v) is 1.41. The molecule has 98 valence electrons. The second-order valence-electron chi connectivity index (χ2n) is 4.44. The van der Waals surface area contributed by atoms with Crippen LogP contribution < -0.4 is 10.6 Å². The van der Waals surface area contributed by atoms with Gasteiger partial charge in [-0.25, -0.2) is 9.59 Å². The van der Waals surface area contributed by atoms with E-state index < -0.39 is 0 Å². The summed E-state index contributed by atoms with van der Waals surface area (Å²) in [6.45, 7) is 0.829. The fraction of sp³-hybridized carbons (Fsp3) is 0.800. The molecule has 1 aliphatic heterocycles. The predicted octanol–water partition coefficient (Wildman–Crippen LogP) is -0.704. The quantitative estimate of drug-likeness (QED) is 0.674. The van der Waals surface area contributed by atoms with Crippen molar-refractivity contribution in [3.8, 4) is 0 Å². The van der Waals surface area contributed by atoms with Gasteiger partial charge in [-0.3, -0.25) is 0 Å². The number of carbonyl (C=O) groups excluding carboxylic acids is 2. The van der Waals surface area contributed by atoms with Crippen molar-refractivity contribution in [3.63, 3.8) is 0 Å². The minimum atomic E-state index is -0.190. The largest absolute Gasteiger partial charge is 0.377 e. The van der Waals surface area contributed by atoms with Gasteiger partial charge in [-0.1, -0.05) is 0 Å². The molecule has 0 unspecified atom stereocenters. The molecule has 0 radical (unpaired) electrons. The Morgan fingerprint density at radius 3 is 1.59 bits per heavy atom. The van der Waals surface area contributed by atoms with Crippen LogP contribution in [0.3, 0.4) is 0 Å². The lowest BCUT2D eigenvalue weighted by atomic mass is 10.2. The highest BCUT2D eigenvalue weighted by Gasteiger charge is 2.31. The lowest BCUT2D eigenvalue weighted by Gasteiger charge is -2.23. The van der Waals surface area contributed by atoms with E-state index in [0.29, 0.717) is 13.2 Å². The summed E-state index contributed by atoms with van der Waals surface area (Å²) in [6, 6.07) is -0.753. The molecule has 0 spiro atoms. The third kappa shape index (κ3) is 3.77. The van der Waals surface area contributed by atoms with Crippen LogP contribution in [0.25, 0.3) is 0 Å². The average molecular weight is 244 g/mol. The first-order valence-corrected chi connectivity index (χ1v) is 5.45. The Morgan fingerprint density at radius 2 is 1.29 bits per heavy atom. The molecule has 0 saturated carbocycles. The molecule has 17 heavy (non-hydrogen) atoms. The molecule has 1 heterocycles. The zero-order valence-electron chi connectivity index (χ0n) is 10.7. The number of nitrogens with one attached hydrogen (secondary N) is 2. The number of amides is 4. The summed E-state index contributed by atoms with van der Waals surface area (Å²) in [4.78, 5) is 25.9. The van der Waals surface area contributed by atoms with Crippen molar-refractivity contribution < 1.29 is 14.3 Å². The molecule has 4 amide bonds. The number of nitrogens with zero attached hydrogens (tertiary/aromatic N) is 2. The Hall–Kier alpha value is -1.50. The van der Waals surface area contributed by atoms with E-state index in [0.717, 1.165) is 0 Å². The lowest BCUT2D eigenvalue weighted by Crippen LogP contribution is -2.54. The van der Waals surface area contributed by atoms with E-state index >= 15 is 0 Å². The molecule has 1 aliphatic rings. The summed E-state index contributed by atoms with van der Waals surface area (Å²) >= 11 is 0. The van der Waals surface area contributed by atoms with Gasteiger partial charge in [-0.05, 0) is 0 Å². The molecule has 0 aromatic rings. The summed E-state index contributed by atoms with van der Waals surface area (Å²) in [6.07, 6.45) is 0. The van der Waals surface area contributed by atoms with Crippen LogP contribution in [0.1, 0.15) is 0 Å². The van der Waals surface area contributed by atoms with Gasteiger partial charge in [0.2, 0.25) is 0 Å². The second kappa shape index (κ2) is 5.72. The highest BCUT2D eigenvalue weighted by molar-refractivity contribution is 5.75. The van der Waals surface area contributed by atoms with Gasteiger partial charge in [0.05, 0.1) is 25.3 Å². The molecule has 2 N–H and O–H groups in total. The van der Waals surface area contributed by atoms with Crippen molar-refractivity contribution in [1.29, 1.82) is 0 Å². The minimum absolute atomic E-state index is 0.186. The Balaban J connectivity index is 2.49. The van der Waals surface area contributed by atoms with E-state index in [4.69, 9.17) is 4.74 Å². The normalized spacial score (nSPS) is 23.1. The second-order valence-corrected chi connectivity index (χ2v) is 4.44. The number of ether oxygens (including phenoxy) is 1. The minimum Gasteiger partial charge on any atom is -0.377 e. The van der Waals surface area contributed by atoms with Crippen molar-refractivity contribution in [2.75, 3.05) is 41.4 Å². The van der Waals surface area contributed by atoms with Crippen LogP contribution in [0.5, 0.6) is 0 Å². The summed E-state index contributed by atoms with van der Waals surface area (Å²) in [5, 5.41) is 5.60. The van der Waals surface area contributed by atoms with Gasteiger partial charge in [0, 0.05) is 28.2 Å². The zero-order valence-corrected chi connectivity index (χ0v) is 10.7. The third-order valence-electron chi connectivity index (χ3n) is 2.51. The smallest absolute Gasteiger partial charge is 0.317 e. The maximum atomic E-state index is 11.5. The Kier molecular flexibility index (Phi) is 4.56. The Bertz CT molecular complexity index is 265. The Morgan fingerprint density at radius 1 is 0.941 bits per heavy atom. The van der Waals surface area contributed by atoms with Gasteiger partial charge < -0.3 is 25.2 Å². The molecule has 1 saturated heterocycles. The number of urea groups is 2. The molecule has 7 nitrogen and oxygen atoms in total. The van der Waals surface area contributed by atoms with Crippen LogP contribution in [-0.2, 0) is 4.74 Å². The maximum absolute atomic E-state index is 11.5. The standard InChI is InChI=1S/C10H20N4O3/c1-13(2)9(15)11-7-5-17-6-8(7)12-10(16)14(3)4/h7-8H,5-6H2,1-4H3,(H,11,15)(H,12,16)/t7-,8+.